The van der Waals surface area contributed by atoms with Gasteiger partial charge in [0, 0.05) is 12.1 Å². The predicted molar refractivity (Wildman–Crippen MR) is 71.2 cm³/mol. The molecular weight excluding hydrogens is 228 g/mol. The second-order valence-electron chi connectivity index (χ2n) is 5.70. The maximum Gasteiger partial charge on any atom is 0.246 e. The summed E-state index contributed by atoms with van der Waals surface area (Å²) in [6.45, 7) is 0.175. The lowest BCUT2D eigenvalue weighted by molar-refractivity contribution is -0.128. The lowest BCUT2D eigenvalue weighted by atomic mass is 10.1. The van der Waals surface area contributed by atoms with Gasteiger partial charge in [0.15, 0.2) is 0 Å². The van der Waals surface area contributed by atoms with Gasteiger partial charge < -0.3 is 15.8 Å². The van der Waals surface area contributed by atoms with Crippen LogP contribution in [0.4, 0.5) is 0 Å². The van der Waals surface area contributed by atoms with Gasteiger partial charge in [0.25, 0.3) is 0 Å². The first-order valence-corrected chi connectivity index (χ1v) is 7.42. The first-order chi connectivity index (χ1) is 8.75. The average Bonchev–Trinajstić information content (AvgIpc) is 2.61. The van der Waals surface area contributed by atoms with Gasteiger partial charge in [0.1, 0.15) is 6.61 Å². The molecule has 2 aliphatic rings. The SMILES string of the molecule is NC1CCCC1OCC(=O)NC1CCCCCC1. The standard InChI is InChI=1S/C14H26N2O2/c15-12-8-5-9-13(12)18-10-14(17)16-11-6-3-1-2-4-7-11/h11-13H,1-10,15H2,(H,16,17). The van der Waals surface area contributed by atoms with E-state index in [1.54, 1.807) is 0 Å². The fraction of sp³-hybridized carbons (Fsp3) is 0.929. The van der Waals surface area contributed by atoms with Crippen LogP contribution in [-0.2, 0) is 9.53 Å². The van der Waals surface area contributed by atoms with Crippen molar-refractivity contribution in [1.82, 2.24) is 5.32 Å². The summed E-state index contributed by atoms with van der Waals surface area (Å²) >= 11 is 0. The highest BCUT2D eigenvalue weighted by atomic mass is 16.5. The van der Waals surface area contributed by atoms with Crippen LogP contribution in [0.25, 0.3) is 0 Å². The average molecular weight is 254 g/mol. The number of hydrogen-bond donors (Lipinski definition) is 2. The van der Waals surface area contributed by atoms with Crippen molar-refractivity contribution < 1.29 is 9.53 Å². The van der Waals surface area contributed by atoms with E-state index in [2.05, 4.69) is 5.32 Å². The van der Waals surface area contributed by atoms with Crippen LogP contribution in [-0.4, -0.2) is 30.7 Å². The van der Waals surface area contributed by atoms with Crippen LogP contribution in [0.15, 0.2) is 0 Å². The van der Waals surface area contributed by atoms with Crippen molar-refractivity contribution in [3.8, 4) is 0 Å². The number of nitrogens with two attached hydrogens (primary N) is 1. The smallest absolute Gasteiger partial charge is 0.246 e. The van der Waals surface area contributed by atoms with E-state index in [4.69, 9.17) is 10.5 Å². The molecule has 2 fully saturated rings. The Labute approximate surface area is 110 Å². The molecule has 0 heterocycles. The lowest BCUT2D eigenvalue weighted by Crippen LogP contribution is -2.39. The molecule has 3 N–H and O–H groups in total. The van der Waals surface area contributed by atoms with Crippen LogP contribution >= 0.6 is 0 Å². The van der Waals surface area contributed by atoms with Gasteiger partial charge in [0.2, 0.25) is 5.91 Å². The number of rotatable bonds is 4. The minimum absolute atomic E-state index is 0.0287. The molecular formula is C14H26N2O2. The zero-order valence-electron chi connectivity index (χ0n) is 11.2. The summed E-state index contributed by atoms with van der Waals surface area (Å²) in [6, 6.07) is 0.483. The third-order valence-corrected chi connectivity index (χ3v) is 4.15. The van der Waals surface area contributed by atoms with Gasteiger partial charge in [-0.25, -0.2) is 0 Å². The Bertz CT molecular complexity index is 263. The normalized spacial score (nSPS) is 30.1. The fourth-order valence-electron chi connectivity index (χ4n) is 3.04. The Morgan fingerprint density at radius 3 is 2.39 bits per heavy atom. The summed E-state index contributed by atoms with van der Waals surface area (Å²) in [6.07, 6.45) is 10.6. The maximum absolute atomic E-state index is 11.8. The molecule has 2 unspecified atom stereocenters. The first-order valence-electron chi connectivity index (χ1n) is 7.42. The van der Waals surface area contributed by atoms with Crippen LogP contribution in [0.2, 0.25) is 0 Å². The quantitative estimate of drug-likeness (QED) is 0.751. The van der Waals surface area contributed by atoms with Crippen molar-refractivity contribution >= 4 is 5.91 Å². The lowest BCUT2D eigenvalue weighted by Gasteiger charge is -2.19. The van der Waals surface area contributed by atoms with E-state index in [1.165, 1.54) is 25.7 Å². The Kier molecular flexibility index (Phi) is 5.45. The highest BCUT2D eigenvalue weighted by Crippen LogP contribution is 2.20. The number of carbonyl (C=O) groups excluding carboxylic acids is 1. The second kappa shape index (κ2) is 7.10. The molecule has 0 aromatic heterocycles. The highest BCUT2D eigenvalue weighted by Gasteiger charge is 2.25. The summed E-state index contributed by atoms with van der Waals surface area (Å²) in [7, 11) is 0. The zero-order valence-corrected chi connectivity index (χ0v) is 11.2. The molecule has 2 atom stereocenters. The third-order valence-electron chi connectivity index (χ3n) is 4.15. The van der Waals surface area contributed by atoms with Crippen LogP contribution in [0.5, 0.6) is 0 Å². The third kappa shape index (κ3) is 4.25. The Hall–Kier alpha value is -0.610. The van der Waals surface area contributed by atoms with Crippen molar-refractivity contribution in [2.75, 3.05) is 6.61 Å². The number of amides is 1. The molecule has 0 spiro atoms. The van der Waals surface area contributed by atoms with Crippen molar-refractivity contribution in [3.05, 3.63) is 0 Å². The van der Waals surface area contributed by atoms with Crippen LogP contribution in [0.1, 0.15) is 57.8 Å². The molecule has 0 radical (unpaired) electrons. The molecule has 2 rings (SSSR count). The van der Waals surface area contributed by atoms with E-state index >= 15 is 0 Å². The summed E-state index contributed by atoms with van der Waals surface area (Å²) in [5.41, 5.74) is 5.91. The van der Waals surface area contributed by atoms with E-state index in [0.29, 0.717) is 6.04 Å². The molecule has 104 valence electrons. The van der Waals surface area contributed by atoms with E-state index in [0.717, 1.165) is 32.1 Å². The molecule has 1 amide bonds. The summed E-state index contributed by atoms with van der Waals surface area (Å²) in [5, 5.41) is 3.09. The van der Waals surface area contributed by atoms with E-state index < -0.39 is 0 Å². The Balaban J connectivity index is 1.64. The fourth-order valence-corrected chi connectivity index (χ4v) is 3.04. The minimum Gasteiger partial charge on any atom is -0.367 e. The molecule has 2 saturated carbocycles. The van der Waals surface area contributed by atoms with Gasteiger partial charge >= 0.3 is 0 Å². The number of carbonyl (C=O) groups is 1. The van der Waals surface area contributed by atoms with Gasteiger partial charge in [-0.05, 0) is 32.1 Å². The van der Waals surface area contributed by atoms with Crippen LogP contribution in [0, 0.1) is 0 Å². The molecule has 18 heavy (non-hydrogen) atoms. The molecule has 4 heteroatoms. The van der Waals surface area contributed by atoms with Gasteiger partial charge in [-0.1, -0.05) is 25.7 Å². The molecule has 2 aliphatic carbocycles. The number of ether oxygens (including phenoxy) is 1. The van der Waals surface area contributed by atoms with Gasteiger partial charge in [-0.2, -0.15) is 0 Å². The van der Waals surface area contributed by atoms with Gasteiger partial charge in [0.05, 0.1) is 6.10 Å². The Morgan fingerprint density at radius 2 is 1.78 bits per heavy atom. The van der Waals surface area contributed by atoms with Crippen LogP contribution in [0.3, 0.4) is 0 Å². The summed E-state index contributed by atoms with van der Waals surface area (Å²) in [5.74, 6) is 0.0287. The number of hydrogen-bond acceptors (Lipinski definition) is 3. The van der Waals surface area contributed by atoms with Crippen molar-refractivity contribution in [2.24, 2.45) is 5.73 Å². The molecule has 0 aliphatic heterocycles. The monoisotopic (exact) mass is 254 g/mol. The van der Waals surface area contributed by atoms with Crippen molar-refractivity contribution in [1.29, 1.82) is 0 Å². The van der Waals surface area contributed by atoms with E-state index in [-0.39, 0.29) is 24.7 Å². The van der Waals surface area contributed by atoms with Crippen molar-refractivity contribution in [2.45, 2.75) is 76.0 Å². The molecule has 0 aromatic rings. The van der Waals surface area contributed by atoms with E-state index in [1.807, 2.05) is 0 Å². The van der Waals surface area contributed by atoms with Gasteiger partial charge in [-0.3, -0.25) is 4.79 Å². The molecule has 0 bridgehead atoms. The maximum atomic E-state index is 11.8. The van der Waals surface area contributed by atoms with E-state index in [9.17, 15) is 4.79 Å². The zero-order chi connectivity index (χ0) is 12.8. The summed E-state index contributed by atoms with van der Waals surface area (Å²) < 4.78 is 5.61. The predicted octanol–water partition coefficient (Wildman–Crippen LogP) is 1.72. The Morgan fingerprint density at radius 1 is 1.06 bits per heavy atom. The molecule has 0 saturated heterocycles. The van der Waals surface area contributed by atoms with Crippen LogP contribution < -0.4 is 11.1 Å². The topological polar surface area (TPSA) is 64.3 Å². The largest absolute Gasteiger partial charge is 0.367 e. The second-order valence-corrected chi connectivity index (χ2v) is 5.70. The van der Waals surface area contributed by atoms with Gasteiger partial charge in [-0.15, -0.1) is 0 Å². The first kappa shape index (κ1) is 13.8. The molecule has 0 aromatic carbocycles. The summed E-state index contributed by atoms with van der Waals surface area (Å²) in [4.78, 5) is 11.8. The minimum atomic E-state index is 0.0287. The molecule has 4 nitrogen and oxygen atoms in total. The highest BCUT2D eigenvalue weighted by molar-refractivity contribution is 5.77. The van der Waals surface area contributed by atoms with Crippen molar-refractivity contribution in [3.63, 3.8) is 0 Å². The number of nitrogens with one attached hydrogen (secondary N) is 1.